The third-order valence-corrected chi connectivity index (χ3v) is 4.95. The molecule has 0 aliphatic carbocycles. The topological polar surface area (TPSA) is 0 Å². The molecule has 88 valence electrons. The van der Waals surface area contributed by atoms with E-state index in [9.17, 15) is 0 Å². The number of hydrogen-bond acceptors (Lipinski definition) is 0. The zero-order chi connectivity index (χ0) is 12.5. The van der Waals surface area contributed by atoms with E-state index in [0.717, 1.165) is 0 Å². The fraction of sp³-hybridized carbons (Fsp3) is 0.200. The van der Waals surface area contributed by atoms with Crippen molar-refractivity contribution < 1.29 is 0 Å². The van der Waals surface area contributed by atoms with E-state index < -0.39 is 15.4 Å². The van der Waals surface area contributed by atoms with Crippen molar-refractivity contribution in [3.63, 3.8) is 0 Å². The first-order valence-corrected chi connectivity index (χ1v) is 14.6. The van der Waals surface area contributed by atoms with E-state index in [1.165, 1.54) is 8.79 Å². The van der Waals surface area contributed by atoms with Crippen molar-refractivity contribution in [2.45, 2.75) is 17.3 Å². The molecule has 0 aliphatic heterocycles. The maximum atomic E-state index is 2.33. The summed E-state index contributed by atoms with van der Waals surface area (Å²) < 4.78 is 3.05. The van der Waals surface area contributed by atoms with Crippen LogP contribution in [0.5, 0.6) is 0 Å². The maximum absolute atomic E-state index is 2.33. The van der Waals surface area contributed by atoms with Gasteiger partial charge in [0, 0.05) is 0 Å². The predicted octanol–water partition coefficient (Wildman–Crippen LogP) is 2.44. The second kappa shape index (κ2) is 8.59. The van der Waals surface area contributed by atoms with Gasteiger partial charge in [0.05, 0.1) is 0 Å². The molecular formula is C15H20Ge2. The van der Waals surface area contributed by atoms with Crippen LogP contribution in [0.25, 0.3) is 0 Å². The van der Waals surface area contributed by atoms with Crippen molar-refractivity contribution in [1.29, 1.82) is 0 Å². The molecule has 0 bridgehead atoms. The molecule has 2 radical (unpaired) electrons. The molecule has 0 unspecified atom stereocenters. The molecule has 0 fully saturated rings. The van der Waals surface area contributed by atoms with Crippen molar-refractivity contribution in [1.82, 2.24) is 0 Å². The van der Waals surface area contributed by atoms with Gasteiger partial charge in [-0.3, -0.25) is 0 Å². The minimum absolute atomic E-state index is 0.333. The summed E-state index contributed by atoms with van der Waals surface area (Å²) >= 11 is -0.725. The van der Waals surface area contributed by atoms with Gasteiger partial charge in [0.25, 0.3) is 0 Å². The van der Waals surface area contributed by atoms with Gasteiger partial charge in [-0.25, -0.2) is 0 Å². The molecule has 0 saturated carbocycles. The van der Waals surface area contributed by atoms with E-state index in [4.69, 9.17) is 0 Å². The molecule has 2 heteroatoms. The summed E-state index contributed by atoms with van der Waals surface area (Å²) in [7, 11) is 0. The molecule has 2 rings (SSSR count). The summed E-state index contributed by atoms with van der Waals surface area (Å²) in [5.41, 5.74) is 0. The Kier molecular flexibility index (Phi) is 7.37. The van der Waals surface area contributed by atoms with Crippen molar-refractivity contribution in [3.05, 3.63) is 60.7 Å². The quantitative estimate of drug-likeness (QED) is 0.734. The fourth-order valence-electron chi connectivity index (χ4n) is 1.29. The van der Waals surface area contributed by atoms with Gasteiger partial charge in [-0.2, -0.15) is 0 Å². The summed E-state index contributed by atoms with van der Waals surface area (Å²) in [6.07, 6.45) is 0. The van der Waals surface area contributed by atoms with Gasteiger partial charge in [0.15, 0.2) is 0 Å². The second-order valence-electron chi connectivity index (χ2n) is 4.47. The standard InChI is InChI=1S/C12H11Ge.C3H9Ge/c1-3-7-11(8-4-1)13-12-9-5-2-6-10-12;1-4(2)3/h1-10,13H;1-3H3. The van der Waals surface area contributed by atoms with E-state index in [1.807, 2.05) is 0 Å². The molecule has 0 heterocycles. The molecule has 0 atom stereocenters. The molecule has 0 amide bonds. The predicted molar refractivity (Wildman–Crippen MR) is 82.6 cm³/mol. The van der Waals surface area contributed by atoms with Crippen molar-refractivity contribution in [3.8, 4) is 0 Å². The third-order valence-electron chi connectivity index (χ3n) is 1.93. The Bertz CT molecular complexity index is 356. The van der Waals surface area contributed by atoms with Gasteiger partial charge in [-0.15, -0.1) is 0 Å². The molecule has 2 aromatic rings. The monoisotopic (exact) mass is 348 g/mol. The van der Waals surface area contributed by atoms with Crippen LogP contribution in [0.1, 0.15) is 0 Å². The van der Waals surface area contributed by atoms with E-state index >= 15 is 0 Å². The third kappa shape index (κ3) is 7.45. The average molecular weight is 346 g/mol. The van der Waals surface area contributed by atoms with Crippen LogP contribution in [0.15, 0.2) is 60.7 Å². The minimum atomic E-state index is -0.392. The molecule has 0 spiro atoms. The summed E-state index contributed by atoms with van der Waals surface area (Å²) in [5, 5.41) is 0. The van der Waals surface area contributed by atoms with Gasteiger partial charge in [-0.1, -0.05) is 0 Å². The van der Waals surface area contributed by atoms with E-state index in [2.05, 4.69) is 77.9 Å². The van der Waals surface area contributed by atoms with Gasteiger partial charge in [0.1, 0.15) is 0 Å². The van der Waals surface area contributed by atoms with Crippen LogP contribution in [-0.2, 0) is 0 Å². The zero-order valence-corrected chi connectivity index (χ0v) is 15.4. The molecule has 0 N–H and O–H groups in total. The normalized spacial score (nSPS) is 9.65. The Morgan fingerprint density at radius 2 is 0.941 bits per heavy atom. The number of benzene rings is 2. The van der Waals surface area contributed by atoms with Crippen LogP contribution in [-0.4, -0.2) is 29.8 Å². The summed E-state index contributed by atoms with van der Waals surface area (Å²) in [5.74, 6) is 7.00. The van der Waals surface area contributed by atoms with Crippen molar-refractivity contribution in [2.75, 3.05) is 0 Å². The van der Waals surface area contributed by atoms with Crippen LogP contribution in [0.2, 0.25) is 17.3 Å². The van der Waals surface area contributed by atoms with Gasteiger partial charge < -0.3 is 0 Å². The molecule has 0 saturated heterocycles. The fourth-order valence-corrected chi connectivity index (χ4v) is 3.84. The Morgan fingerprint density at radius 3 is 1.24 bits per heavy atom. The number of hydrogen-bond donors (Lipinski definition) is 0. The van der Waals surface area contributed by atoms with E-state index in [1.54, 1.807) is 0 Å². The van der Waals surface area contributed by atoms with Gasteiger partial charge in [0.2, 0.25) is 0 Å². The van der Waals surface area contributed by atoms with Crippen molar-refractivity contribution in [2.24, 2.45) is 0 Å². The molecule has 2 aromatic carbocycles. The molecule has 17 heavy (non-hydrogen) atoms. The van der Waals surface area contributed by atoms with Gasteiger partial charge >= 0.3 is 117 Å². The molecule has 0 aromatic heterocycles. The first kappa shape index (κ1) is 14.6. The molecule has 0 nitrogen and oxygen atoms in total. The Labute approximate surface area is 116 Å². The Hall–Kier alpha value is -0.474. The first-order valence-electron chi connectivity index (χ1n) is 5.90. The average Bonchev–Trinajstić information content (AvgIpc) is 2.31. The van der Waals surface area contributed by atoms with Crippen LogP contribution in [0.3, 0.4) is 0 Å². The van der Waals surface area contributed by atoms with Crippen LogP contribution >= 0.6 is 0 Å². The first-order chi connectivity index (χ1) is 8.18. The van der Waals surface area contributed by atoms with Crippen LogP contribution < -0.4 is 8.79 Å². The van der Waals surface area contributed by atoms with Gasteiger partial charge in [-0.05, 0) is 0 Å². The Morgan fingerprint density at radius 1 is 0.647 bits per heavy atom. The second-order valence-corrected chi connectivity index (χ2v) is 14.2. The Balaban J connectivity index is 0.000000317. The van der Waals surface area contributed by atoms with E-state index in [-0.39, 0.29) is 14.3 Å². The van der Waals surface area contributed by atoms with Crippen molar-refractivity contribution >= 4 is 38.6 Å². The summed E-state index contributed by atoms with van der Waals surface area (Å²) in [6, 6.07) is 21.5. The molecule has 0 aliphatic rings. The SMILES string of the molecule is [CH3][Ge]([CH3])[CH3].c1cc[c]([GeH][c]2ccccc2)cc1. The molecular weight excluding hydrogens is 325 g/mol. The zero-order valence-electron chi connectivity index (χ0n) is 10.9. The van der Waals surface area contributed by atoms with Crippen LogP contribution in [0.4, 0.5) is 0 Å². The summed E-state index contributed by atoms with van der Waals surface area (Å²) in [6.45, 7) is 0. The van der Waals surface area contributed by atoms with Crippen LogP contribution in [0, 0.1) is 0 Å². The number of rotatable bonds is 2. The summed E-state index contributed by atoms with van der Waals surface area (Å²) in [4.78, 5) is 0. The van der Waals surface area contributed by atoms with E-state index in [0.29, 0.717) is 0 Å².